The second-order valence-electron chi connectivity index (χ2n) is 8.69. The maximum atomic E-state index is 9.74. The summed E-state index contributed by atoms with van der Waals surface area (Å²) in [5.41, 5.74) is 0.0396. The summed E-state index contributed by atoms with van der Waals surface area (Å²) in [6.07, 6.45) is 0.474. The lowest BCUT2D eigenvalue weighted by molar-refractivity contribution is -0.0672. The van der Waals surface area contributed by atoms with Crippen LogP contribution in [-0.4, -0.2) is 29.5 Å². The molecule has 1 heterocycles. The second kappa shape index (κ2) is 8.02. The van der Waals surface area contributed by atoms with E-state index in [-0.39, 0.29) is 11.7 Å². The van der Waals surface area contributed by atoms with Gasteiger partial charge in [-0.05, 0) is 65.0 Å². The number of ether oxygens (including phenoxy) is 4. The minimum atomic E-state index is -0.731. The molecular weight excluding hydrogens is 356 g/mol. The first kappa shape index (κ1) is 20.5. The van der Waals surface area contributed by atoms with Crippen LogP contribution >= 0.6 is 0 Å². The van der Waals surface area contributed by atoms with Gasteiger partial charge < -0.3 is 24.1 Å². The molecule has 5 heteroatoms. The van der Waals surface area contributed by atoms with E-state index in [1.165, 1.54) is 0 Å². The van der Waals surface area contributed by atoms with Gasteiger partial charge in [-0.2, -0.15) is 0 Å². The van der Waals surface area contributed by atoms with Gasteiger partial charge in [0, 0.05) is 12.0 Å². The lowest BCUT2D eigenvalue weighted by atomic mass is 10.1. The lowest BCUT2D eigenvalue weighted by Crippen LogP contribution is -2.23. The summed E-state index contributed by atoms with van der Waals surface area (Å²) in [5, 5.41) is 9.74. The summed E-state index contributed by atoms with van der Waals surface area (Å²) in [5.74, 6) is 2.85. The Hall–Kier alpha value is -2.24. The molecule has 0 saturated heterocycles. The number of hydrogen-bond donors (Lipinski definition) is 1. The number of fused-ring (bicyclic) bond motifs is 1. The molecule has 1 N–H and O–H groups in total. The van der Waals surface area contributed by atoms with Gasteiger partial charge in [-0.15, -0.1) is 0 Å². The largest absolute Gasteiger partial charge is 0.493 e. The summed E-state index contributed by atoms with van der Waals surface area (Å²) in [4.78, 5) is 0. The van der Waals surface area contributed by atoms with Gasteiger partial charge in [0.25, 0.3) is 0 Å². The summed E-state index contributed by atoms with van der Waals surface area (Å²) in [6.45, 7) is 10.6. The summed E-state index contributed by atoms with van der Waals surface area (Å²) < 4.78 is 23.7. The standard InChI is InChI=1S/C23H30O5/c1-22(2,3)28-20-15-26-21-18(20)7-6-8-19(21)27-17-11-9-16(10-12-17)25-14-13-23(4,5)24/h6-12,20,24H,13-15H2,1-5H3/t20-/m1/s1. The van der Waals surface area contributed by atoms with Gasteiger partial charge in [0.05, 0.1) is 17.8 Å². The van der Waals surface area contributed by atoms with Crippen molar-refractivity contribution in [2.75, 3.05) is 13.2 Å². The van der Waals surface area contributed by atoms with E-state index < -0.39 is 5.60 Å². The first-order valence-corrected chi connectivity index (χ1v) is 9.67. The van der Waals surface area contributed by atoms with E-state index in [2.05, 4.69) is 0 Å². The van der Waals surface area contributed by atoms with Gasteiger partial charge in [0.1, 0.15) is 24.2 Å². The Morgan fingerprint density at radius 2 is 1.68 bits per heavy atom. The molecular formula is C23H30O5. The van der Waals surface area contributed by atoms with Gasteiger partial charge in [-0.3, -0.25) is 0 Å². The lowest BCUT2D eigenvalue weighted by Gasteiger charge is -2.24. The van der Waals surface area contributed by atoms with Gasteiger partial charge in [-0.1, -0.05) is 12.1 Å². The van der Waals surface area contributed by atoms with Crippen LogP contribution in [0, 0.1) is 0 Å². The van der Waals surface area contributed by atoms with Crippen LogP contribution in [0.1, 0.15) is 52.7 Å². The van der Waals surface area contributed by atoms with Gasteiger partial charge in [0.2, 0.25) is 0 Å². The van der Waals surface area contributed by atoms with Crippen molar-refractivity contribution in [2.45, 2.75) is 58.3 Å². The van der Waals surface area contributed by atoms with Gasteiger partial charge in [-0.25, -0.2) is 0 Å². The number of para-hydroxylation sites is 1. The topological polar surface area (TPSA) is 57.2 Å². The van der Waals surface area contributed by atoms with Crippen LogP contribution in [-0.2, 0) is 4.74 Å². The summed E-state index contributed by atoms with van der Waals surface area (Å²) in [7, 11) is 0. The van der Waals surface area contributed by atoms with Crippen molar-refractivity contribution in [3.63, 3.8) is 0 Å². The highest BCUT2D eigenvalue weighted by atomic mass is 16.6. The Balaban J connectivity index is 1.65. The van der Waals surface area contributed by atoms with E-state index in [0.717, 1.165) is 17.1 Å². The van der Waals surface area contributed by atoms with E-state index in [1.807, 2.05) is 63.2 Å². The average molecular weight is 386 g/mol. The van der Waals surface area contributed by atoms with Crippen LogP contribution in [0.4, 0.5) is 0 Å². The summed E-state index contributed by atoms with van der Waals surface area (Å²) in [6, 6.07) is 13.3. The van der Waals surface area contributed by atoms with Crippen molar-refractivity contribution in [2.24, 2.45) is 0 Å². The minimum absolute atomic E-state index is 0.0925. The maximum Gasteiger partial charge on any atom is 0.169 e. The highest BCUT2D eigenvalue weighted by Gasteiger charge is 2.31. The van der Waals surface area contributed by atoms with Gasteiger partial charge >= 0.3 is 0 Å². The Bertz CT molecular complexity index is 784. The zero-order valence-corrected chi connectivity index (χ0v) is 17.3. The zero-order chi connectivity index (χ0) is 20.4. The Morgan fingerprint density at radius 1 is 1.00 bits per heavy atom. The van der Waals surface area contributed by atoms with Gasteiger partial charge in [0.15, 0.2) is 11.5 Å². The Morgan fingerprint density at radius 3 is 2.32 bits per heavy atom. The van der Waals surface area contributed by atoms with Crippen molar-refractivity contribution in [1.29, 1.82) is 0 Å². The highest BCUT2D eigenvalue weighted by molar-refractivity contribution is 5.51. The highest BCUT2D eigenvalue weighted by Crippen LogP contribution is 2.44. The molecule has 0 unspecified atom stereocenters. The molecule has 2 aromatic rings. The fraction of sp³-hybridized carbons (Fsp3) is 0.478. The Kier molecular flexibility index (Phi) is 5.87. The minimum Gasteiger partial charge on any atom is -0.493 e. The quantitative estimate of drug-likeness (QED) is 0.703. The van der Waals surface area contributed by atoms with Crippen LogP contribution in [0.2, 0.25) is 0 Å². The molecule has 1 aliphatic rings. The van der Waals surface area contributed by atoms with Crippen LogP contribution in [0.15, 0.2) is 42.5 Å². The molecule has 0 aliphatic carbocycles. The van der Waals surface area contributed by atoms with E-state index in [1.54, 1.807) is 13.8 Å². The SMILES string of the molecule is CC(C)(O)CCOc1ccc(Oc2cccc3c2OC[C@H]3OC(C)(C)C)cc1. The molecule has 1 atom stereocenters. The first-order valence-electron chi connectivity index (χ1n) is 9.67. The average Bonchev–Trinajstić information content (AvgIpc) is 2.98. The third kappa shape index (κ3) is 5.63. The van der Waals surface area contributed by atoms with Crippen LogP contribution in [0.3, 0.4) is 0 Å². The van der Waals surface area contributed by atoms with Crippen molar-refractivity contribution in [3.05, 3.63) is 48.0 Å². The first-order chi connectivity index (χ1) is 13.1. The molecule has 28 heavy (non-hydrogen) atoms. The number of benzene rings is 2. The zero-order valence-electron chi connectivity index (χ0n) is 17.3. The van der Waals surface area contributed by atoms with Crippen molar-refractivity contribution < 1.29 is 24.1 Å². The molecule has 0 spiro atoms. The monoisotopic (exact) mass is 386 g/mol. The predicted molar refractivity (Wildman–Crippen MR) is 108 cm³/mol. The van der Waals surface area contributed by atoms with Crippen LogP contribution in [0.25, 0.3) is 0 Å². The van der Waals surface area contributed by atoms with Crippen molar-refractivity contribution in [3.8, 4) is 23.0 Å². The third-order valence-electron chi connectivity index (χ3n) is 4.27. The van der Waals surface area contributed by atoms with E-state index in [0.29, 0.717) is 31.1 Å². The maximum absolute atomic E-state index is 9.74. The second-order valence-corrected chi connectivity index (χ2v) is 8.69. The molecule has 2 aromatic carbocycles. The van der Waals surface area contributed by atoms with Crippen molar-refractivity contribution in [1.82, 2.24) is 0 Å². The number of hydrogen-bond acceptors (Lipinski definition) is 5. The number of rotatable bonds is 7. The van der Waals surface area contributed by atoms with Crippen LogP contribution < -0.4 is 14.2 Å². The molecule has 0 amide bonds. The smallest absolute Gasteiger partial charge is 0.169 e. The fourth-order valence-electron chi connectivity index (χ4n) is 2.94. The van der Waals surface area contributed by atoms with E-state index >= 15 is 0 Å². The molecule has 5 nitrogen and oxygen atoms in total. The molecule has 3 rings (SSSR count). The third-order valence-corrected chi connectivity index (χ3v) is 4.27. The normalized spacial score (nSPS) is 16.4. The van der Waals surface area contributed by atoms with Crippen molar-refractivity contribution >= 4 is 0 Å². The molecule has 0 fully saturated rings. The molecule has 0 bridgehead atoms. The number of aliphatic hydroxyl groups is 1. The van der Waals surface area contributed by atoms with E-state index in [4.69, 9.17) is 18.9 Å². The Labute approximate surface area is 167 Å². The molecule has 1 aliphatic heterocycles. The summed E-state index contributed by atoms with van der Waals surface area (Å²) >= 11 is 0. The molecule has 0 aromatic heterocycles. The van der Waals surface area contributed by atoms with Crippen LogP contribution in [0.5, 0.6) is 23.0 Å². The molecule has 0 radical (unpaired) electrons. The molecule has 152 valence electrons. The predicted octanol–water partition coefficient (Wildman–Crippen LogP) is 5.27. The fourth-order valence-corrected chi connectivity index (χ4v) is 2.94. The van der Waals surface area contributed by atoms with E-state index in [9.17, 15) is 5.11 Å². The molecule has 0 saturated carbocycles.